The van der Waals surface area contributed by atoms with Gasteiger partial charge >= 0.3 is 0 Å². The van der Waals surface area contributed by atoms with Crippen molar-refractivity contribution in [3.63, 3.8) is 0 Å². The maximum absolute atomic E-state index is 12.4. The van der Waals surface area contributed by atoms with E-state index in [-0.39, 0.29) is 16.4 Å². The molecule has 0 spiro atoms. The molecule has 4 nitrogen and oxygen atoms in total. The Morgan fingerprint density at radius 2 is 1.77 bits per heavy atom. The van der Waals surface area contributed by atoms with Gasteiger partial charge in [-0.1, -0.05) is 45.0 Å². The standard InChI is InChI=1S/C21H25N3OS/c1-6-22-18-14(2)8-7-9-17(18)23-20(26)24-19(25)15-10-12-16(13-11-15)21(3,4)5/h6-13H,1-5H3,(H2,23,24,25,26)/b22-6-. The minimum Gasteiger partial charge on any atom is -0.331 e. The molecular weight excluding hydrogens is 342 g/mol. The lowest BCUT2D eigenvalue weighted by Gasteiger charge is -2.19. The van der Waals surface area contributed by atoms with Gasteiger partial charge in [0.1, 0.15) is 0 Å². The Bertz CT molecular complexity index is 833. The number of aryl methyl sites for hydroxylation is 1. The number of thiocarbonyl (C=S) groups is 1. The van der Waals surface area contributed by atoms with Crippen LogP contribution in [0.2, 0.25) is 0 Å². The first-order chi connectivity index (χ1) is 12.2. The number of para-hydroxylation sites is 1. The van der Waals surface area contributed by atoms with Crippen molar-refractivity contribution < 1.29 is 4.79 Å². The molecule has 0 aliphatic carbocycles. The van der Waals surface area contributed by atoms with Gasteiger partial charge in [0.15, 0.2) is 5.11 Å². The predicted molar refractivity (Wildman–Crippen MR) is 114 cm³/mol. The van der Waals surface area contributed by atoms with E-state index in [4.69, 9.17) is 12.2 Å². The number of nitrogens with one attached hydrogen (secondary N) is 2. The number of amides is 1. The molecule has 0 atom stereocenters. The van der Waals surface area contributed by atoms with Crippen molar-refractivity contribution in [1.29, 1.82) is 0 Å². The van der Waals surface area contributed by atoms with Crippen LogP contribution in [0.1, 0.15) is 49.2 Å². The molecule has 0 unspecified atom stereocenters. The summed E-state index contributed by atoms with van der Waals surface area (Å²) in [6, 6.07) is 13.4. The van der Waals surface area contributed by atoms with Crippen molar-refractivity contribution in [3.05, 3.63) is 59.2 Å². The Morgan fingerprint density at radius 3 is 2.35 bits per heavy atom. The Labute approximate surface area is 160 Å². The molecule has 0 aliphatic rings. The van der Waals surface area contributed by atoms with E-state index in [9.17, 15) is 4.79 Å². The van der Waals surface area contributed by atoms with E-state index in [1.807, 2.05) is 56.3 Å². The molecule has 2 rings (SSSR count). The van der Waals surface area contributed by atoms with Crippen LogP contribution in [-0.2, 0) is 5.41 Å². The number of aliphatic imine (C=N–C) groups is 1. The van der Waals surface area contributed by atoms with E-state index in [1.165, 1.54) is 5.56 Å². The molecule has 2 N–H and O–H groups in total. The number of anilines is 1. The summed E-state index contributed by atoms with van der Waals surface area (Å²) in [4.78, 5) is 16.8. The Kier molecular flexibility index (Phi) is 6.27. The van der Waals surface area contributed by atoms with Gasteiger partial charge in [0.05, 0.1) is 11.4 Å². The first kappa shape index (κ1) is 19.8. The molecule has 0 radical (unpaired) electrons. The highest BCUT2D eigenvalue weighted by Gasteiger charge is 2.15. The molecular formula is C21H25N3OS. The number of carbonyl (C=O) groups excluding carboxylic acids is 1. The van der Waals surface area contributed by atoms with E-state index >= 15 is 0 Å². The molecule has 2 aromatic carbocycles. The molecule has 0 aliphatic heterocycles. The monoisotopic (exact) mass is 367 g/mol. The Morgan fingerprint density at radius 1 is 1.12 bits per heavy atom. The van der Waals surface area contributed by atoms with Crippen molar-refractivity contribution in [2.45, 2.75) is 40.0 Å². The summed E-state index contributed by atoms with van der Waals surface area (Å²) in [7, 11) is 0. The lowest BCUT2D eigenvalue weighted by molar-refractivity contribution is 0.0977. The normalized spacial score (nSPS) is 11.4. The van der Waals surface area contributed by atoms with Crippen LogP contribution < -0.4 is 10.6 Å². The summed E-state index contributed by atoms with van der Waals surface area (Å²) in [6.45, 7) is 10.3. The van der Waals surface area contributed by atoms with Gasteiger partial charge < -0.3 is 5.32 Å². The zero-order valence-corrected chi connectivity index (χ0v) is 16.7. The molecule has 136 valence electrons. The van der Waals surface area contributed by atoms with Gasteiger partial charge in [0.2, 0.25) is 0 Å². The van der Waals surface area contributed by atoms with Gasteiger partial charge in [-0.25, -0.2) is 0 Å². The third kappa shape index (κ3) is 4.99. The Balaban J connectivity index is 2.09. The smallest absolute Gasteiger partial charge is 0.257 e. The average Bonchev–Trinajstić information content (AvgIpc) is 2.57. The zero-order chi connectivity index (χ0) is 19.3. The molecule has 0 fully saturated rings. The predicted octanol–water partition coefficient (Wildman–Crippen LogP) is 5.14. The van der Waals surface area contributed by atoms with E-state index < -0.39 is 0 Å². The maximum Gasteiger partial charge on any atom is 0.257 e. The Hall–Kier alpha value is -2.53. The van der Waals surface area contributed by atoms with Gasteiger partial charge in [-0.05, 0) is 60.8 Å². The van der Waals surface area contributed by atoms with Gasteiger partial charge in [0, 0.05) is 11.8 Å². The molecule has 5 heteroatoms. The largest absolute Gasteiger partial charge is 0.331 e. The second-order valence-electron chi connectivity index (χ2n) is 7.09. The van der Waals surface area contributed by atoms with Crippen LogP contribution in [-0.4, -0.2) is 17.2 Å². The van der Waals surface area contributed by atoms with Crippen LogP contribution in [0.3, 0.4) is 0 Å². The summed E-state index contributed by atoms with van der Waals surface area (Å²) >= 11 is 5.29. The minimum absolute atomic E-state index is 0.0488. The second kappa shape index (κ2) is 8.23. The summed E-state index contributed by atoms with van der Waals surface area (Å²) in [5.74, 6) is -0.240. The SMILES string of the molecule is C/C=N\c1c(C)cccc1NC(=S)NC(=O)c1ccc(C(C)(C)C)cc1. The summed E-state index contributed by atoms with van der Waals surface area (Å²) in [6.07, 6.45) is 1.73. The summed E-state index contributed by atoms with van der Waals surface area (Å²) in [5, 5.41) is 6.02. The van der Waals surface area contributed by atoms with Crippen molar-refractivity contribution in [2.75, 3.05) is 5.32 Å². The van der Waals surface area contributed by atoms with Gasteiger partial charge in [-0.2, -0.15) is 0 Å². The lowest BCUT2D eigenvalue weighted by atomic mass is 9.87. The molecule has 0 aromatic heterocycles. The first-order valence-electron chi connectivity index (χ1n) is 8.53. The fraction of sp³-hybridized carbons (Fsp3) is 0.286. The fourth-order valence-corrected chi connectivity index (χ4v) is 2.71. The molecule has 0 heterocycles. The third-order valence-electron chi connectivity index (χ3n) is 3.98. The van der Waals surface area contributed by atoms with E-state index in [1.54, 1.807) is 6.21 Å². The highest BCUT2D eigenvalue weighted by molar-refractivity contribution is 7.80. The van der Waals surface area contributed by atoms with Gasteiger partial charge in [-0.15, -0.1) is 0 Å². The number of hydrogen-bond donors (Lipinski definition) is 2. The van der Waals surface area contributed by atoms with Crippen molar-refractivity contribution in [1.82, 2.24) is 5.32 Å². The topological polar surface area (TPSA) is 53.5 Å². The highest BCUT2D eigenvalue weighted by atomic mass is 32.1. The van der Waals surface area contributed by atoms with E-state index in [0.717, 1.165) is 16.9 Å². The number of carbonyl (C=O) groups is 1. The number of hydrogen-bond acceptors (Lipinski definition) is 3. The third-order valence-corrected chi connectivity index (χ3v) is 4.19. The van der Waals surface area contributed by atoms with Crippen LogP contribution in [0.25, 0.3) is 0 Å². The number of benzene rings is 2. The van der Waals surface area contributed by atoms with Gasteiger partial charge in [-0.3, -0.25) is 15.1 Å². The van der Waals surface area contributed by atoms with Gasteiger partial charge in [0.25, 0.3) is 5.91 Å². The summed E-state index contributed by atoms with van der Waals surface area (Å²) < 4.78 is 0. The highest BCUT2D eigenvalue weighted by Crippen LogP contribution is 2.28. The first-order valence-corrected chi connectivity index (χ1v) is 8.94. The van der Waals surface area contributed by atoms with Crippen molar-refractivity contribution in [3.8, 4) is 0 Å². The summed E-state index contributed by atoms with van der Waals surface area (Å²) in [5.41, 5.74) is 4.39. The molecule has 26 heavy (non-hydrogen) atoms. The molecule has 0 saturated carbocycles. The molecule has 0 bridgehead atoms. The number of nitrogens with zero attached hydrogens (tertiary/aromatic N) is 1. The van der Waals surface area contributed by atoms with Crippen molar-refractivity contribution >= 4 is 40.8 Å². The second-order valence-corrected chi connectivity index (χ2v) is 7.50. The molecule has 1 amide bonds. The van der Waals surface area contributed by atoms with Crippen LogP contribution in [0, 0.1) is 6.92 Å². The van der Waals surface area contributed by atoms with Crippen LogP contribution >= 0.6 is 12.2 Å². The lowest BCUT2D eigenvalue weighted by Crippen LogP contribution is -2.34. The fourth-order valence-electron chi connectivity index (χ4n) is 2.51. The quantitative estimate of drug-likeness (QED) is 0.583. The minimum atomic E-state index is -0.240. The van der Waals surface area contributed by atoms with E-state index in [2.05, 4.69) is 36.4 Å². The van der Waals surface area contributed by atoms with Crippen LogP contribution in [0.15, 0.2) is 47.5 Å². The van der Waals surface area contributed by atoms with Crippen LogP contribution in [0.5, 0.6) is 0 Å². The zero-order valence-electron chi connectivity index (χ0n) is 15.9. The van der Waals surface area contributed by atoms with E-state index in [0.29, 0.717) is 5.56 Å². The van der Waals surface area contributed by atoms with Crippen molar-refractivity contribution in [2.24, 2.45) is 4.99 Å². The maximum atomic E-state index is 12.4. The van der Waals surface area contributed by atoms with Crippen LogP contribution in [0.4, 0.5) is 11.4 Å². The number of rotatable bonds is 3. The molecule has 2 aromatic rings. The molecule has 0 saturated heterocycles. The average molecular weight is 368 g/mol.